The molecule has 0 spiro atoms. The molecule has 0 atom stereocenters. The van der Waals surface area contributed by atoms with Crippen LogP contribution >= 0.6 is 0 Å². The Kier molecular flexibility index (Phi) is 1.69. The number of fused-ring (bicyclic) bond motifs is 1. The zero-order valence-corrected chi connectivity index (χ0v) is 7.50. The average molecular weight is 173 g/mol. The highest BCUT2D eigenvalue weighted by molar-refractivity contribution is 6.02. The van der Waals surface area contributed by atoms with Crippen molar-refractivity contribution in [2.24, 2.45) is 5.73 Å². The Morgan fingerprint density at radius 1 is 1.38 bits per heavy atom. The lowest BCUT2D eigenvalue weighted by Crippen LogP contribution is -2.14. The molecule has 0 bridgehead atoms. The highest BCUT2D eigenvalue weighted by Crippen LogP contribution is 2.31. The second-order valence-corrected chi connectivity index (χ2v) is 3.30. The van der Waals surface area contributed by atoms with Crippen molar-refractivity contribution in [2.45, 2.75) is 13.3 Å². The highest BCUT2D eigenvalue weighted by Gasteiger charge is 2.20. The van der Waals surface area contributed by atoms with E-state index in [1.54, 1.807) is 0 Å². The predicted molar refractivity (Wildman–Crippen MR) is 51.9 cm³/mol. The van der Waals surface area contributed by atoms with E-state index in [2.05, 4.69) is 0 Å². The van der Waals surface area contributed by atoms with Crippen LogP contribution in [0.5, 0.6) is 0 Å². The van der Waals surface area contributed by atoms with Crippen molar-refractivity contribution >= 4 is 11.5 Å². The van der Waals surface area contributed by atoms with Gasteiger partial charge in [0.1, 0.15) is 0 Å². The largest absolute Gasteiger partial charge is 0.366 e. The van der Waals surface area contributed by atoms with Gasteiger partial charge in [-0.2, -0.15) is 0 Å². The second kappa shape index (κ2) is 2.73. The third kappa shape index (κ3) is 1.15. The van der Waals surface area contributed by atoms with Crippen molar-refractivity contribution in [3.63, 3.8) is 0 Å². The molecule has 66 valence electrons. The van der Waals surface area contributed by atoms with E-state index in [4.69, 9.17) is 5.73 Å². The summed E-state index contributed by atoms with van der Waals surface area (Å²) in [4.78, 5) is 11.0. The molecule has 0 radical (unpaired) electrons. The molecule has 1 aliphatic rings. The van der Waals surface area contributed by atoms with Gasteiger partial charge >= 0.3 is 0 Å². The van der Waals surface area contributed by atoms with Crippen molar-refractivity contribution < 1.29 is 4.79 Å². The lowest BCUT2D eigenvalue weighted by Gasteiger charge is -1.97. The first-order valence-electron chi connectivity index (χ1n) is 4.28. The average Bonchev–Trinajstić information content (AvgIpc) is 2.45. The molecule has 13 heavy (non-hydrogen) atoms. The summed E-state index contributed by atoms with van der Waals surface area (Å²) < 4.78 is 0. The van der Waals surface area contributed by atoms with Crippen molar-refractivity contribution in [1.29, 1.82) is 0 Å². The van der Waals surface area contributed by atoms with Gasteiger partial charge in [0.05, 0.1) is 0 Å². The Hall–Kier alpha value is -1.57. The Bertz CT molecular complexity index is 404. The van der Waals surface area contributed by atoms with E-state index < -0.39 is 0 Å². The van der Waals surface area contributed by atoms with Crippen LogP contribution < -0.4 is 5.73 Å². The van der Waals surface area contributed by atoms with Crippen LogP contribution in [0.2, 0.25) is 0 Å². The molecule has 1 aromatic carbocycles. The number of amides is 1. The fraction of sp³-hybridized carbons (Fsp3) is 0.182. The number of hydrogen-bond acceptors (Lipinski definition) is 1. The maximum atomic E-state index is 11.0. The topological polar surface area (TPSA) is 43.1 Å². The molecular weight excluding hydrogens is 162 g/mol. The molecule has 1 aliphatic carbocycles. The van der Waals surface area contributed by atoms with Gasteiger partial charge < -0.3 is 5.73 Å². The Morgan fingerprint density at radius 3 is 2.69 bits per heavy atom. The van der Waals surface area contributed by atoms with E-state index >= 15 is 0 Å². The summed E-state index contributed by atoms with van der Waals surface area (Å²) in [5.41, 5.74) is 9.42. The summed E-state index contributed by atoms with van der Waals surface area (Å²) in [6, 6.07) is 8.03. The molecule has 1 amide bonds. The van der Waals surface area contributed by atoms with Crippen LogP contribution in [0.15, 0.2) is 29.8 Å². The number of carbonyl (C=O) groups excluding carboxylic acids is 1. The third-order valence-electron chi connectivity index (χ3n) is 2.54. The normalized spacial score (nSPS) is 14.5. The van der Waals surface area contributed by atoms with Crippen LogP contribution in [-0.4, -0.2) is 5.91 Å². The molecule has 2 rings (SSSR count). The van der Waals surface area contributed by atoms with Crippen molar-refractivity contribution in [2.75, 3.05) is 0 Å². The van der Waals surface area contributed by atoms with E-state index in [0.717, 1.165) is 16.7 Å². The Morgan fingerprint density at radius 2 is 2.08 bits per heavy atom. The van der Waals surface area contributed by atoms with Crippen LogP contribution in [0.3, 0.4) is 0 Å². The van der Waals surface area contributed by atoms with Gasteiger partial charge in [-0.3, -0.25) is 4.79 Å². The molecule has 2 N–H and O–H groups in total. The van der Waals surface area contributed by atoms with Crippen LogP contribution in [-0.2, 0) is 11.2 Å². The molecule has 0 heterocycles. The van der Waals surface area contributed by atoms with Gasteiger partial charge in [-0.1, -0.05) is 24.3 Å². The summed E-state index contributed by atoms with van der Waals surface area (Å²) in [7, 11) is 0. The maximum Gasteiger partial charge on any atom is 0.245 e. The number of nitrogens with two attached hydrogens (primary N) is 1. The molecule has 0 saturated carbocycles. The lowest BCUT2D eigenvalue weighted by molar-refractivity contribution is -0.114. The van der Waals surface area contributed by atoms with Crippen LogP contribution in [0.25, 0.3) is 5.57 Å². The van der Waals surface area contributed by atoms with Crippen molar-refractivity contribution in [1.82, 2.24) is 0 Å². The lowest BCUT2D eigenvalue weighted by atomic mass is 10.1. The number of hydrogen-bond donors (Lipinski definition) is 1. The summed E-state index contributed by atoms with van der Waals surface area (Å²) in [6.07, 6.45) is 0.692. The first kappa shape index (κ1) is 8.05. The number of benzene rings is 1. The Balaban J connectivity index is 2.53. The first-order valence-corrected chi connectivity index (χ1v) is 4.28. The van der Waals surface area contributed by atoms with Crippen LogP contribution in [0, 0.1) is 0 Å². The van der Waals surface area contributed by atoms with Gasteiger partial charge in [-0.25, -0.2) is 0 Å². The van der Waals surface area contributed by atoms with Crippen molar-refractivity contribution in [3.8, 4) is 0 Å². The van der Waals surface area contributed by atoms with E-state index in [9.17, 15) is 4.79 Å². The predicted octanol–water partition coefficient (Wildman–Crippen LogP) is 1.50. The van der Waals surface area contributed by atoms with E-state index in [0.29, 0.717) is 6.42 Å². The molecule has 0 aromatic heterocycles. The van der Waals surface area contributed by atoms with Gasteiger partial charge in [0.15, 0.2) is 0 Å². The minimum atomic E-state index is -0.298. The third-order valence-corrected chi connectivity index (χ3v) is 2.54. The minimum Gasteiger partial charge on any atom is -0.366 e. The molecule has 0 unspecified atom stereocenters. The highest BCUT2D eigenvalue weighted by atomic mass is 16.1. The molecule has 0 fully saturated rings. The zero-order chi connectivity index (χ0) is 9.42. The number of primary amides is 1. The van der Waals surface area contributed by atoms with E-state index in [-0.39, 0.29) is 5.91 Å². The van der Waals surface area contributed by atoms with Gasteiger partial charge in [0, 0.05) is 12.0 Å². The SMILES string of the molecule is CC1=C(C(N)=O)Cc2ccccc21. The quantitative estimate of drug-likeness (QED) is 0.687. The van der Waals surface area contributed by atoms with Gasteiger partial charge in [0.25, 0.3) is 0 Å². The Labute approximate surface area is 77.1 Å². The first-order chi connectivity index (χ1) is 6.20. The fourth-order valence-electron chi connectivity index (χ4n) is 1.80. The summed E-state index contributed by atoms with van der Waals surface area (Å²) in [5, 5.41) is 0. The summed E-state index contributed by atoms with van der Waals surface area (Å²) >= 11 is 0. The van der Waals surface area contributed by atoms with Gasteiger partial charge in [-0.15, -0.1) is 0 Å². The molecular formula is C11H11NO. The van der Waals surface area contributed by atoms with Crippen LogP contribution in [0.1, 0.15) is 18.1 Å². The molecule has 2 nitrogen and oxygen atoms in total. The van der Waals surface area contributed by atoms with E-state index in [1.165, 1.54) is 5.56 Å². The summed E-state index contributed by atoms with van der Waals surface area (Å²) in [5.74, 6) is -0.298. The standard InChI is InChI=1S/C11H11NO/c1-7-9-5-3-2-4-8(9)6-10(7)11(12)13/h2-5H,6H2,1H3,(H2,12,13). The fourth-order valence-corrected chi connectivity index (χ4v) is 1.80. The molecule has 0 saturated heterocycles. The molecule has 2 heteroatoms. The zero-order valence-electron chi connectivity index (χ0n) is 7.50. The van der Waals surface area contributed by atoms with E-state index in [1.807, 2.05) is 31.2 Å². The summed E-state index contributed by atoms with van der Waals surface area (Å²) in [6.45, 7) is 1.95. The number of allylic oxidation sites excluding steroid dienone is 1. The minimum absolute atomic E-state index is 0.298. The van der Waals surface area contributed by atoms with Gasteiger partial charge in [0.2, 0.25) is 5.91 Å². The molecule has 1 aromatic rings. The monoisotopic (exact) mass is 173 g/mol. The molecule has 0 aliphatic heterocycles. The van der Waals surface area contributed by atoms with Crippen molar-refractivity contribution in [3.05, 3.63) is 41.0 Å². The second-order valence-electron chi connectivity index (χ2n) is 3.30. The number of carbonyl (C=O) groups is 1. The smallest absolute Gasteiger partial charge is 0.245 e. The van der Waals surface area contributed by atoms with Crippen LogP contribution in [0.4, 0.5) is 0 Å². The number of rotatable bonds is 1. The van der Waals surface area contributed by atoms with Gasteiger partial charge in [-0.05, 0) is 23.6 Å². The maximum absolute atomic E-state index is 11.0.